The van der Waals surface area contributed by atoms with Gasteiger partial charge in [0.15, 0.2) is 0 Å². The molecule has 1 amide bonds. The lowest BCUT2D eigenvalue weighted by Crippen LogP contribution is -2.28. The van der Waals surface area contributed by atoms with Crippen LogP contribution >= 0.6 is 0 Å². The van der Waals surface area contributed by atoms with Crippen LogP contribution in [0.3, 0.4) is 0 Å². The Hall–Kier alpha value is -2.24. The van der Waals surface area contributed by atoms with E-state index in [1.54, 1.807) is 24.3 Å². The van der Waals surface area contributed by atoms with Gasteiger partial charge in [0.05, 0.1) is 0 Å². The number of rotatable bonds is 2. The second kappa shape index (κ2) is 5.39. The molecule has 1 aromatic rings. The summed E-state index contributed by atoms with van der Waals surface area (Å²) >= 11 is 0. The molecule has 1 aromatic carbocycles. The number of nitrogens with two attached hydrogens (primary N) is 1. The number of oxime groups is 1. The molecule has 0 radical (unpaired) electrons. The molecule has 0 saturated heterocycles. The van der Waals surface area contributed by atoms with Crippen LogP contribution in [-0.2, 0) is 4.74 Å². The van der Waals surface area contributed by atoms with E-state index in [0.717, 1.165) is 0 Å². The quantitative estimate of drug-likeness (QED) is 0.323. The molecule has 0 spiro atoms. The number of amidine groups is 1. The van der Waals surface area contributed by atoms with E-state index in [1.165, 1.54) is 0 Å². The highest BCUT2D eigenvalue weighted by molar-refractivity contribution is 5.95. The normalized spacial score (nSPS) is 12.1. The van der Waals surface area contributed by atoms with Gasteiger partial charge in [-0.05, 0) is 44.1 Å². The number of ether oxygens (including phenoxy) is 1. The van der Waals surface area contributed by atoms with E-state index in [2.05, 4.69) is 10.5 Å². The van der Waals surface area contributed by atoms with Crippen molar-refractivity contribution in [2.75, 3.05) is 5.32 Å². The Bertz CT molecular complexity index is 464. The second-order valence-corrected chi connectivity index (χ2v) is 4.69. The maximum atomic E-state index is 11.0. The number of primary amides is 1. The van der Waals surface area contributed by atoms with Crippen molar-refractivity contribution in [3.63, 3.8) is 0 Å². The minimum Gasteiger partial charge on any atom is -0.457 e. The third-order valence-electron chi connectivity index (χ3n) is 1.89. The van der Waals surface area contributed by atoms with Crippen molar-refractivity contribution in [1.29, 1.82) is 0 Å². The van der Waals surface area contributed by atoms with Gasteiger partial charge in [-0.25, -0.2) is 0 Å². The van der Waals surface area contributed by atoms with E-state index in [9.17, 15) is 4.79 Å². The first-order valence-corrected chi connectivity index (χ1v) is 5.40. The number of amides is 1. The highest BCUT2D eigenvalue weighted by atomic mass is 16.6. The Balaban J connectivity index is 2.83. The largest absolute Gasteiger partial charge is 0.457 e. The van der Waals surface area contributed by atoms with Crippen LogP contribution in [0.25, 0.3) is 0 Å². The number of benzene rings is 1. The molecule has 0 heterocycles. The zero-order valence-corrected chi connectivity index (χ0v) is 10.6. The minimum atomic E-state index is -0.530. The highest BCUT2D eigenvalue weighted by Gasteiger charge is 2.15. The zero-order valence-electron chi connectivity index (χ0n) is 10.6. The molecule has 0 fully saturated rings. The fourth-order valence-corrected chi connectivity index (χ4v) is 1.23. The Morgan fingerprint density at radius 2 is 2.11 bits per heavy atom. The first-order valence-electron chi connectivity index (χ1n) is 5.40. The first kappa shape index (κ1) is 13.8. The number of hydrogen-bond donors (Lipinski definition) is 3. The van der Waals surface area contributed by atoms with Crippen molar-refractivity contribution < 1.29 is 14.7 Å². The van der Waals surface area contributed by atoms with Gasteiger partial charge in [-0.1, -0.05) is 6.07 Å². The number of nitrogens with zero attached hydrogens (tertiary/aromatic N) is 1. The number of hydrogen-bond acceptors (Lipinski definition) is 4. The molecule has 0 aliphatic carbocycles. The predicted octanol–water partition coefficient (Wildman–Crippen LogP) is 1.76. The molecule has 1 rings (SSSR count). The summed E-state index contributed by atoms with van der Waals surface area (Å²) in [6.45, 7) is 5.46. The number of anilines is 1. The van der Waals surface area contributed by atoms with Crippen LogP contribution in [0.15, 0.2) is 29.4 Å². The molecule has 0 saturated carbocycles. The zero-order chi connectivity index (χ0) is 13.8. The topological polar surface area (TPSA) is 96.9 Å². The van der Waals surface area contributed by atoms with Gasteiger partial charge in [-0.3, -0.25) is 4.79 Å². The van der Waals surface area contributed by atoms with E-state index in [0.29, 0.717) is 11.3 Å². The molecule has 18 heavy (non-hydrogen) atoms. The lowest BCUT2D eigenvalue weighted by atomic mass is 10.2. The van der Waals surface area contributed by atoms with Gasteiger partial charge < -0.3 is 21.0 Å². The Morgan fingerprint density at radius 1 is 1.44 bits per heavy atom. The maximum absolute atomic E-state index is 11.0. The van der Waals surface area contributed by atoms with Crippen LogP contribution in [0.5, 0.6) is 0 Å². The summed E-state index contributed by atoms with van der Waals surface area (Å²) in [6, 6.07) is 6.44. The third-order valence-corrected chi connectivity index (χ3v) is 1.89. The van der Waals surface area contributed by atoms with Gasteiger partial charge in [0, 0.05) is 11.3 Å². The van der Waals surface area contributed by atoms with Crippen LogP contribution < -0.4 is 11.1 Å². The van der Waals surface area contributed by atoms with Crippen molar-refractivity contribution in [2.24, 2.45) is 10.9 Å². The maximum Gasteiger partial charge on any atom is 0.328 e. The van der Waals surface area contributed by atoms with E-state index in [-0.39, 0.29) is 6.02 Å². The summed E-state index contributed by atoms with van der Waals surface area (Å²) in [5.41, 5.74) is 5.57. The molecule has 0 aliphatic rings. The second-order valence-electron chi connectivity index (χ2n) is 4.69. The SMILES string of the molecule is CC(C)(C)OC(=NO)Nc1cccc(C(N)=O)c1. The molecule has 4 N–H and O–H groups in total. The Kier molecular flexibility index (Phi) is 4.14. The summed E-state index contributed by atoms with van der Waals surface area (Å²) in [7, 11) is 0. The van der Waals surface area contributed by atoms with Gasteiger partial charge in [0.2, 0.25) is 5.91 Å². The molecule has 6 heteroatoms. The molecule has 0 unspecified atom stereocenters. The molecule has 0 aromatic heterocycles. The van der Waals surface area contributed by atoms with Gasteiger partial charge in [0.25, 0.3) is 0 Å². The Morgan fingerprint density at radius 3 is 2.61 bits per heavy atom. The molecular weight excluding hydrogens is 234 g/mol. The highest BCUT2D eigenvalue weighted by Crippen LogP contribution is 2.13. The van der Waals surface area contributed by atoms with Gasteiger partial charge in [0.1, 0.15) is 5.60 Å². The number of carbonyl (C=O) groups is 1. The lowest BCUT2D eigenvalue weighted by Gasteiger charge is -2.21. The van der Waals surface area contributed by atoms with Crippen LogP contribution in [0.2, 0.25) is 0 Å². The van der Waals surface area contributed by atoms with Crippen molar-refractivity contribution in [3.8, 4) is 0 Å². The summed E-state index contributed by atoms with van der Waals surface area (Å²) < 4.78 is 5.36. The Labute approximate surface area is 105 Å². The van der Waals surface area contributed by atoms with Crippen molar-refractivity contribution in [1.82, 2.24) is 0 Å². The average Bonchev–Trinajstić information content (AvgIpc) is 2.26. The third kappa shape index (κ3) is 4.32. The number of carbonyl (C=O) groups excluding carboxylic acids is 1. The van der Waals surface area contributed by atoms with Gasteiger partial charge in [-0.15, -0.1) is 0 Å². The molecule has 0 atom stereocenters. The number of nitrogens with one attached hydrogen (secondary N) is 1. The summed E-state index contributed by atoms with van der Waals surface area (Å²) in [4.78, 5) is 11.0. The summed E-state index contributed by atoms with van der Waals surface area (Å²) in [5, 5.41) is 14.6. The summed E-state index contributed by atoms with van der Waals surface area (Å²) in [5.74, 6) is -0.530. The van der Waals surface area contributed by atoms with Crippen molar-refractivity contribution in [3.05, 3.63) is 29.8 Å². The standard InChI is InChI=1S/C12H17N3O3/c1-12(2,3)18-11(15-17)14-9-6-4-5-8(7-9)10(13)16/h4-7,17H,1-3H3,(H2,13,16)(H,14,15). The van der Waals surface area contributed by atoms with Gasteiger partial charge >= 0.3 is 6.02 Å². The van der Waals surface area contributed by atoms with Crippen LogP contribution in [0.4, 0.5) is 5.69 Å². The van der Waals surface area contributed by atoms with Crippen LogP contribution in [0.1, 0.15) is 31.1 Å². The van der Waals surface area contributed by atoms with Crippen LogP contribution in [-0.4, -0.2) is 22.7 Å². The molecule has 98 valence electrons. The van der Waals surface area contributed by atoms with Crippen molar-refractivity contribution in [2.45, 2.75) is 26.4 Å². The summed E-state index contributed by atoms with van der Waals surface area (Å²) in [6.07, 6.45) is 0. The minimum absolute atomic E-state index is 0.0517. The van der Waals surface area contributed by atoms with Gasteiger partial charge in [-0.2, -0.15) is 0 Å². The monoisotopic (exact) mass is 251 g/mol. The fourth-order valence-electron chi connectivity index (χ4n) is 1.23. The molecular formula is C12H17N3O3. The average molecular weight is 251 g/mol. The smallest absolute Gasteiger partial charge is 0.328 e. The molecule has 0 aliphatic heterocycles. The fraction of sp³-hybridized carbons (Fsp3) is 0.333. The molecule has 0 bridgehead atoms. The van der Waals surface area contributed by atoms with Crippen molar-refractivity contribution >= 4 is 17.6 Å². The van der Waals surface area contributed by atoms with E-state index >= 15 is 0 Å². The molecule has 6 nitrogen and oxygen atoms in total. The first-order chi connectivity index (χ1) is 8.31. The van der Waals surface area contributed by atoms with E-state index in [1.807, 2.05) is 20.8 Å². The van der Waals surface area contributed by atoms with E-state index < -0.39 is 11.5 Å². The predicted molar refractivity (Wildman–Crippen MR) is 68.6 cm³/mol. The lowest BCUT2D eigenvalue weighted by molar-refractivity contribution is 0.0999. The van der Waals surface area contributed by atoms with Crippen LogP contribution in [0, 0.1) is 0 Å². The van der Waals surface area contributed by atoms with E-state index in [4.69, 9.17) is 15.7 Å².